The van der Waals surface area contributed by atoms with Crippen molar-refractivity contribution in [2.24, 2.45) is 0 Å². The lowest BCUT2D eigenvalue weighted by Gasteiger charge is -2.36. The minimum atomic E-state index is 0.392. The van der Waals surface area contributed by atoms with E-state index in [0.29, 0.717) is 19.2 Å². The standard InChI is InChI=1S/C32H40N4O2/c1-4-26(3)38-24-36-25(2)14-15-28-16-17-31(33-32(28)36)37-23-8-7-18-34-19-21-35(22-20-34)30-13-9-11-27-10-5-6-12-29(27)30/h5-6,9-13,16-17H,2-4,7-8,14-15,18-24H2,1H3. The first-order chi connectivity index (χ1) is 18.6. The summed E-state index contributed by atoms with van der Waals surface area (Å²) < 4.78 is 11.9. The van der Waals surface area contributed by atoms with Crippen molar-refractivity contribution in [3.05, 3.63) is 84.8 Å². The lowest BCUT2D eigenvalue weighted by Crippen LogP contribution is -2.46. The molecule has 3 aromatic rings. The minimum absolute atomic E-state index is 0.392. The van der Waals surface area contributed by atoms with Gasteiger partial charge in [0.2, 0.25) is 5.88 Å². The highest BCUT2D eigenvalue weighted by atomic mass is 16.5. The van der Waals surface area contributed by atoms with Crippen LogP contribution in [-0.2, 0) is 11.2 Å². The van der Waals surface area contributed by atoms with Crippen LogP contribution in [0.25, 0.3) is 10.8 Å². The third kappa shape index (κ3) is 6.13. The van der Waals surface area contributed by atoms with Crippen LogP contribution in [0.15, 0.2) is 79.2 Å². The molecule has 1 fully saturated rings. The van der Waals surface area contributed by atoms with Gasteiger partial charge in [-0.25, -0.2) is 0 Å². The molecule has 6 heteroatoms. The topological polar surface area (TPSA) is 41.1 Å². The number of fused-ring (bicyclic) bond motifs is 2. The van der Waals surface area contributed by atoms with Crippen LogP contribution in [0, 0.1) is 0 Å². The van der Waals surface area contributed by atoms with Gasteiger partial charge in [-0.15, -0.1) is 0 Å². The molecule has 0 bridgehead atoms. The molecule has 38 heavy (non-hydrogen) atoms. The van der Waals surface area contributed by atoms with Crippen molar-refractivity contribution in [3.8, 4) is 5.88 Å². The molecular weight excluding hydrogens is 472 g/mol. The number of hydrogen-bond acceptors (Lipinski definition) is 6. The quantitative estimate of drug-likeness (QED) is 0.219. The van der Waals surface area contributed by atoms with Gasteiger partial charge in [0.05, 0.1) is 12.4 Å². The number of benzene rings is 2. The van der Waals surface area contributed by atoms with E-state index in [1.807, 2.05) is 17.9 Å². The van der Waals surface area contributed by atoms with Crippen LogP contribution in [0.4, 0.5) is 11.5 Å². The van der Waals surface area contributed by atoms with Crippen LogP contribution in [0.5, 0.6) is 5.88 Å². The molecule has 6 nitrogen and oxygen atoms in total. The Labute approximate surface area is 227 Å². The summed E-state index contributed by atoms with van der Waals surface area (Å²) in [5.74, 6) is 2.33. The Morgan fingerprint density at radius 3 is 2.61 bits per heavy atom. The molecule has 0 atom stereocenters. The molecule has 0 radical (unpaired) electrons. The predicted octanol–water partition coefficient (Wildman–Crippen LogP) is 6.38. The first kappa shape index (κ1) is 26.1. The van der Waals surface area contributed by atoms with Gasteiger partial charge in [0.1, 0.15) is 5.82 Å². The zero-order chi connectivity index (χ0) is 26.3. The molecule has 0 unspecified atom stereocenters. The summed E-state index contributed by atoms with van der Waals surface area (Å²) in [4.78, 5) is 12.0. The average molecular weight is 513 g/mol. The molecule has 2 aliphatic heterocycles. The maximum Gasteiger partial charge on any atom is 0.215 e. The number of aryl methyl sites for hydroxylation is 1. The van der Waals surface area contributed by atoms with Gasteiger partial charge >= 0.3 is 0 Å². The van der Waals surface area contributed by atoms with Gasteiger partial charge in [-0.2, -0.15) is 4.98 Å². The van der Waals surface area contributed by atoms with Crippen LogP contribution < -0.4 is 14.5 Å². The number of allylic oxidation sites excluding steroid dienone is 2. The fourth-order valence-corrected chi connectivity index (χ4v) is 5.25. The molecule has 0 amide bonds. The van der Waals surface area contributed by atoms with Crippen LogP contribution in [-0.4, -0.2) is 55.9 Å². The summed E-state index contributed by atoms with van der Waals surface area (Å²) in [7, 11) is 0. The van der Waals surface area contributed by atoms with Gasteiger partial charge in [-0.1, -0.05) is 56.5 Å². The number of anilines is 2. The van der Waals surface area contributed by atoms with E-state index in [1.165, 1.54) is 22.0 Å². The number of piperazine rings is 1. The van der Waals surface area contributed by atoms with Gasteiger partial charge in [0, 0.05) is 55.4 Å². The van der Waals surface area contributed by atoms with Gasteiger partial charge < -0.3 is 14.4 Å². The van der Waals surface area contributed by atoms with Crippen molar-refractivity contribution in [1.82, 2.24) is 9.88 Å². The first-order valence-corrected chi connectivity index (χ1v) is 14.0. The average Bonchev–Trinajstić information content (AvgIpc) is 2.96. The van der Waals surface area contributed by atoms with Crippen LogP contribution >= 0.6 is 0 Å². The Morgan fingerprint density at radius 1 is 0.947 bits per heavy atom. The maximum atomic E-state index is 6.06. The Bertz CT molecular complexity index is 1260. The van der Waals surface area contributed by atoms with E-state index < -0.39 is 0 Å². The summed E-state index contributed by atoms with van der Waals surface area (Å²) in [6, 6.07) is 19.4. The highest BCUT2D eigenvalue weighted by Crippen LogP contribution is 2.32. The van der Waals surface area contributed by atoms with Crippen LogP contribution in [0.1, 0.15) is 38.2 Å². The van der Waals surface area contributed by atoms with E-state index in [-0.39, 0.29) is 0 Å². The molecule has 0 saturated carbocycles. The largest absolute Gasteiger partial charge is 0.478 e. The van der Waals surface area contributed by atoms with Crippen molar-refractivity contribution >= 4 is 22.3 Å². The van der Waals surface area contributed by atoms with E-state index in [4.69, 9.17) is 14.5 Å². The molecule has 3 heterocycles. The van der Waals surface area contributed by atoms with E-state index in [1.54, 1.807) is 0 Å². The molecular formula is C32H40N4O2. The van der Waals surface area contributed by atoms with E-state index in [9.17, 15) is 0 Å². The number of ether oxygens (including phenoxy) is 2. The molecule has 1 aromatic heterocycles. The molecule has 0 aliphatic carbocycles. The summed E-state index contributed by atoms with van der Waals surface area (Å²) in [5.41, 5.74) is 3.59. The maximum absolute atomic E-state index is 6.06. The number of rotatable bonds is 11. The Kier molecular flexibility index (Phi) is 8.49. The second-order valence-corrected chi connectivity index (χ2v) is 10.2. The van der Waals surface area contributed by atoms with Crippen molar-refractivity contribution in [2.45, 2.75) is 39.0 Å². The number of aromatic nitrogens is 1. The fraction of sp³-hybridized carbons (Fsp3) is 0.406. The van der Waals surface area contributed by atoms with Crippen LogP contribution in [0.2, 0.25) is 0 Å². The van der Waals surface area contributed by atoms with Gasteiger partial charge in [-0.3, -0.25) is 9.80 Å². The monoisotopic (exact) mass is 512 g/mol. The van der Waals surface area contributed by atoms with E-state index >= 15 is 0 Å². The molecule has 200 valence electrons. The summed E-state index contributed by atoms with van der Waals surface area (Å²) in [6.45, 7) is 16.7. The Hall–Kier alpha value is -3.51. The normalized spacial score (nSPS) is 16.0. The number of unbranched alkanes of at least 4 members (excludes halogenated alkanes) is 1. The highest BCUT2D eigenvalue weighted by molar-refractivity contribution is 5.94. The van der Waals surface area contributed by atoms with E-state index in [2.05, 4.69) is 71.5 Å². The van der Waals surface area contributed by atoms with Gasteiger partial charge in [0.15, 0.2) is 6.73 Å². The van der Waals surface area contributed by atoms with Crippen molar-refractivity contribution in [3.63, 3.8) is 0 Å². The van der Waals surface area contributed by atoms with Crippen molar-refractivity contribution in [2.75, 3.05) is 55.9 Å². The smallest absolute Gasteiger partial charge is 0.215 e. The second kappa shape index (κ2) is 12.4. The number of hydrogen-bond donors (Lipinski definition) is 0. The first-order valence-electron chi connectivity index (χ1n) is 14.0. The van der Waals surface area contributed by atoms with E-state index in [0.717, 1.165) is 82.1 Å². The summed E-state index contributed by atoms with van der Waals surface area (Å²) >= 11 is 0. The highest BCUT2D eigenvalue weighted by Gasteiger charge is 2.23. The summed E-state index contributed by atoms with van der Waals surface area (Å²) in [5, 5.41) is 2.66. The zero-order valence-electron chi connectivity index (χ0n) is 22.7. The summed E-state index contributed by atoms with van der Waals surface area (Å²) in [6.07, 6.45) is 4.78. The lowest BCUT2D eigenvalue weighted by atomic mass is 10.0. The van der Waals surface area contributed by atoms with Crippen molar-refractivity contribution < 1.29 is 9.47 Å². The SMILES string of the molecule is C=C(CC)OCN1C(=C)CCc2ccc(OCCCCN3CCN(c4cccc5ccccc45)CC3)nc21. The Balaban J connectivity index is 1.06. The van der Waals surface area contributed by atoms with Gasteiger partial charge in [-0.05, 0) is 55.3 Å². The molecule has 1 saturated heterocycles. The zero-order valence-corrected chi connectivity index (χ0v) is 22.7. The predicted molar refractivity (Wildman–Crippen MR) is 157 cm³/mol. The molecule has 0 spiro atoms. The minimum Gasteiger partial charge on any atom is -0.478 e. The molecule has 0 N–H and O–H groups in total. The Morgan fingerprint density at radius 2 is 1.76 bits per heavy atom. The molecule has 2 aromatic carbocycles. The second-order valence-electron chi connectivity index (χ2n) is 10.2. The lowest BCUT2D eigenvalue weighted by molar-refractivity contribution is 0.208. The fourth-order valence-electron chi connectivity index (χ4n) is 5.25. The number of pyridine rings is 1. The third-order valence-corrected chi connectivity index (χ3v) is 7.64. The van der Waals surface area contributed by atoms with Crippen LogP contribution in [0.3, 0.4) is 0 Å². The van der Waals surface area contributed by atoms with Crippen molar-refractivity contribution in [1.29, 1.82) is 0 Å². The molecule has 2 aliphatic rings. The molecule has 5 rings (SSSR count). The van der Waals surface area contributed by atoms with Gasteiger partial charge in [0.25, 0.3) is 0 Å². The third-order valence-electron chi connectivity index (χ3n) is 7.64. The number of nitrogens with zero attached hydrogens (tertiary/aromatic N) is 4.